The van der Waals surface area contributed by atoms with Gasteiger partial charge in [-0.3, -0.25) is 14.4 Å². The molecule has 0 fully saturated rings. The molecule has 5 N–H and O–H groups in total. The number of nitrogens with two attached hydrogens (primary N) is 1. The second kappa shape index (κ2) is 10.6. The van der Waals surface area contributed by atoms with E-state index in [4.69, 9.17) is 17.3 Å². The molecule has 3 rings (SSSR count). The number of nitrogens with zero attached hydrogens (tertiary/aromatic N) is 2. The van der Waals surface area contributed by atoms with Crippen LogP contribution in [0.1, 0.15) is 26.4 Å². The molecule has 10 heteroatoms. The molecule has 170 valence electrons. The molecular weight excluding hydrogens is 444 g/mol. The lowest BCUT2D eigenvalue weighted by Crippen LogP contribution is -2.28. The Bertz CT molecular complexity index is 1200. The smallest absolute Gasteiger partial charge is 0.259 e. The van der Waals surface area contributed by atoms with Crippen LogP contribution in [0, 0.1) is 6.92 Å². The van der Waals surface area contributed by atoms with Gasteiger partial charge in [0.1, 0.15) is 0 Å². The molecule has 3 amide bonds. The van der Waals surface area contributed by atoms with E-state index in [1.807, 2.05) is 0 Å². The molecule has 1 heterocycles. The maximum absolute atomic E-state index is 12.9. The molecule has 0 unspecified atom stereocenters. The van der Waals surface area contributed by atoms with Crippen LogP contribution < -0.4 is 21.7 Å². The first kappa shape index (κ1) is 23.7. The Morgan fingerprint density at radius 3 is 2.39 bits per heavy atom. The minimum Gasteiger partial charge on any atom is -0.351 e. The maximum atomic E-state index is 12.9. The van der Waals surface area contributed by atoms with Crippen molar-refractivity contribution in [2.24, 2.45) is 5.73 Å². The van der Waals surface area contributed by atoms with Gasteiger partial charge in [0.05, 0.1) is 23.1 Å². The highest BCUT2D eigenvalue weighted by Crippen LogP contribution is 2.24. The van der Waals surface area contributed by atoms with E-state index in [9.17, 15) is 14.4 Å². The summed E-state index contributed by atoms with van der Waals surface area (Å²) in [5.74, 6) is -0.997. The summed E-state index contributed by atoms with van der Waals surface area (Å²) in [7, 11) is 0. The number of hydrogen-bond acceptors (Lipinski definition) is 5. The van der Waals surface area contributed by atoms with Crippen LogP contribution in [0.3, 0.4) is 0 Å². The van der Waals surface area contributed by atoms with Gasteiger partial charge in [0.25, 0.3) is 11.8 Å². The Hall–Kier alpha value is -3.95. The van der Waals surface area contributed by atoms with Gasteiger partial charge in [-0.15, -0.1) is 0 Å². The van der Waals surface area contributed by atoms with Crippen LogP contribution in [-0.2, 0) is 4.79 Å². The van der Waals surface area contributed by atoms with Crippen molar-refractivity contribution in [3.8, 4) is 5.69 Å². The number of carbonyl (C=O) groups excluding carboxylic acids is 3. The Morgan fingerprint density at radius 2 is 1.76 bits per heavy atom. The highest BCUT2D eigenvalue weighted by molar-refractivity contribution is 6.31. The van der Waals surface area contributed by atoms with E-state index < -0.39 is 5.91 Å². The molecule has 0 spiro atoms. The average molecular weight is 467 g/mol. The van der Waals surface area contributed by atoms with Crippen molar-refractivity contribution in [2.45, 2.75) is 6.92 Å². The van der Waals surface area contributed by atoms with E-state index in [1.54, 1.807) is 54.1 Å². The first-order valence-corrected chi connectivity index (χ1v) is 10.4. The monoisotopic (exact) mass is 466 g/mol. The molecule has 1 aromatic heterocycles. The zero-order valence-corrected chi connectivity index (χ0v) is 18.6. The van der Waals surface area contributed by atoms with Crippen molar-refractivity contribution in [2.75, 3.05) is 23.7 Å². The summed E-state index contributed by atoms with van der Waals surface area (Å²) in [5.41, 5.74) is 8.39. The number of benzene rings is 2. The summed E-state index contributed by atoms with van der Waals surface area (Å²) in [5, 5.41) is 12.7. The fraction of sp³-hybridized carbons (Fsp3) is 0.130. The minimum absolute atomic E-state index is 0.213. The standard InChI is InChI=1S/C23H23ClN6O3/c1-3-21(31)28-17-10-16(24)11-18(12-17)29-23(33)20-13-27-30(14(20)2)19-6-4-15(5-7-19)22(32)26-9-8-25/h3-7,10-13H,1,8-9,25H2,2H3,(H,26,32)(H,28,31)(H,29,33). The van der Waals surface area contributed by atoms with Crippen LogP contribution in [0.2, 0.25) is 5.02 Å². The van der Waals surface area contributed by atoms with Crippen molar-refractivity contribution >= 4 is 40.7 Å². The highest BCUT2D eigenvalue weighted by Gasteiger charge is 2.16. The van der Waals surface area contributed by atoms with Crippen LogP contribution in [0.4, 0.5) is 11.4 Å². The van der Waals surface area contributed by atoms with E-state index in [1.165, 1.54) is 6.20 Å². The maximum Gasteiger partial charge on any atom is 0.259 e. The van der Waals surface area contributed by atoms with Gasteiger partial charge in [0, 0.05) is 35.1 Å². The predicted octanol–water partition coefficient (Wildman–Crippen LogP) is 2.90. The highest BCUT2D eigenvalue weighted by atomic mass is 35.5. The molecule has 0 atom stereocenters. The number of hydrogen-bond donors (Lipinski definition) is 4. The summed E-state index contributed by atoms with van der Waals surface area (Å²) < 4.78 is 1.60. The third kappa shape index (κ3) is 5.85. The molecule has 33 heavy (non-hydrogen) atoms. The van der Waals surface area contributed by atoms with Crippen molar-refractivity contribution in [3.05, 3.63) is 83.2 Å². The van der Waals surface area contributed by atoms with Gasteiger partial charge < -0.3 is 21.7 Å². The SMILES string of the molecule is C=CC(=O)Nc1cc(Cl)cc(NC(=O)c2cnn(-c3ccc(C(=O)NCCN)cc3)c2C)c1. The number of halogens is 1. The predicted molar refractivity (Wildman–Crippen MR) is 128 cm³/mol. The second-order valence-electron chi connectivity index (χ2n) is 7.02. The largest absolute Gasteiger partial charge is 0.351 e. The summed E-state index contributed by atoms with van der Waals surface area (Å²) in [6.45, 7) is 5.92. The molecule has 3 aromatic rings. The summed E-state index contributed by atoms with van der Waals surface area (Å²) in [4.78, 5) is 36.4. The molecule has 2 aromatic carbocycles. The summed E-state index contributed by atoms with van der Waals surface area (Å²) in [6, 6.07) is 11.5. The fourth-order valence-electron chi connectivity index (χ4n) is 3.06. The van der Waals surface area contributed by atoms with Crippen molar-refractivity contribution < 1.29 is 14.4 Å². The van der Waals surface area contributed by atoms with Crippen molar-refractivity contribution in [1.82, 2.24) is 15.1 Å². The Morgan fingerprint density at radius 1 is 1.09 bits per heavy atom. The van der Waals surface area contributed by atoms with Gasteiger partial charge in [-0.05, 0) is 55.5 Å². The van der Waals surface area contributed by atoms with Gasteiger partial charge in [-0.2, -0.15) is 5.10 Å². The lowest BCUT2D eigenvalue weighted by atomic mass is 10.2. The van der Waals surface area contributed by atoms with E-state index in [0.717, 1.165) is 6.08 Å². The van der Waals surface area contributed by atoms with Crippen LogP contribution in [0.25, 0.3) is 5.69 Å². The third-order valence-corrected chi connectivity index (χ3v) is 4.89. The quantitative estimate of drug-likeness (QED) is 0.379. The third-order valence-electron chi connectivity index (χ3n) is 4.67. The summed E-state index contributed by atoms with van der Waals surface area (Å²) >= 11 is 6.10. The van der Waals surface area contributed by atoms with Gasteiger partial charge in [0.15, 0.2) is 0 Å². The van der Waals surface area contributed by atoms with E-state index in [2.05, 4.69) is 27.6 Å². The van der Waals surface area contributed by atoms with Gasteiger partial charge >= 0.3 is 0 Å². The van der Waals surface area contributed by atoms with Crippen LogP contribution in [-0.4, -0.2) is 40.6 Å². The van der Waals surface area contributed by atoms with E-state index in [-0.39, 0.29) is 11.8 Å². The van der Waals surface area contributed by atoms with Crippen LogP contribution in [0.15, 0.2) is 61.3 Å². The molecule has 0 saturated carbocycles. The average Bonchev–Trinajstić information content (AvgIpc) is 3.18. The molecule has 0 radical (unpaired) electrons. The molecule has 9 nitrogen and oxygen atoms in total. The van der Waals surface area contributed by atoms with Gasteiger partial charge in [0.2, 0.25) is 5.91 Å². The van der Waals surface area contributed by atoms with Crippen LogP contribution in [0.5, 0.6) is 0 Å². The Kier molecular flexibility index (Phi) is 7.60. The number of anilines is 2. The number of carbonyl (C=O) groups is 3. The molecule has 0 saturated heterocycles. The van der Waals surface area contributed by atoms with Gasteiger partial charge in [-0.25, -0.2) is 4.68 Å². The second-order valence-corrected chi connectivity index (χ2v) is 7.46. The zero-order valence-electron chi connectivity index (χ0n) is 17.9. The number of rotatable bonds is 8. The zero-order chi connectivity index (χ0) is 24.0. The van der Waals surface area contributed by atoms with Crippen molar-refractivity contribution in [1.29, 1.82) is 0 Å². The number of nitrogens with one attached hydrogen (secondary N) is 3. The molecule has 0 aliphatic carbocycles. The fourth-order valence-corrected chi connectivity index (χ4v) is 3.30. The summed E-state index contributed by atoms with van der Waals surface area (Å²) in [6.07, 6.45) is 2.59. The molecule has 0 aliphatic heterocycles. The minimum atomic E-state index is -0.394. The normalized spacial score (nSPS) is 10.4. The Labute approximate surface area is 195 Å². The first-order valence-electron chi connectivity index (χ1n) is 10.0. The van der Waals surface area contributed by atoms with Gasteiger partial charge in [-0.1, -0.05) is 18.2 Å². The first-order chi connectivity index (χ1) is 15.8. The van der Waals surface area contributed by atoms with E-state index in [0.29, 0.717) is 52.0 Å². The molecule has 0 aliphatic rings. The number of aromatic nitrogens is 2. The number of amides is 3. The van der Waals surface area contributed by atoms with Crippen LogP contribution >= 0.6 is 11.6 Å². The Balaban J connectivity index is 1.77. The van der Waals surface area contributed by atoms with Crippen molar-refractivity contribution in [3.63, 3.8) is 0 Å². The van der Waals surface area contributed by atoms with E-state index >= 15 is 0 Å². The topological polar surface area (TPSA) is 131 Å². The lowest BCUT2D eigenvalue weighted by molar-refractivity contribution is -0.111. The molecule has 0 bridgehead atoms. The lowest BCUT2D eigenvalue weighted by Gasteiger charge is -2.10. The molecular formula is C23H23ClN6O3.